The van der Waals surface area contributed by atoms with Crippen molar-refractivity contribution in [2.45, 2.75) is 53.1 Å². The van der Waals surface area contributed by atoms with Gasteiger partial charge in [0.25, 0.3) is 0 Å². The largest absolute Gasteiger partial charge is 0.308 e. The second-order valence-corrected chi connectivity index (χ2v) is 6.41. The fraction of sp³-hybridized carbons (Fsp3) is 0.444. The standard InChI is InChI=1S/C18H23N3O/c1-11-7-12(2)18(13(3)8-11)21-14(4)9-17(22)16(20-21)10-19-15-5-6-15/h7-9,15,19H,5-6,10H2,1-4H3. The van der Waals surface area contributed by atoms with Crippen molar-refractivity contribution >= 4 is 0 Å². The fourth-order valence-electron chi connectivity index (χ4n) is 2.97. The van der Waals surface area contributed by atoms with Crippen molar-refractivity contribution in [3.8, 4) is 5.69 Å². The summed E-state index contributed by atoms with van der Waals surface area (Å²) in [5.74, 6) is 0. The number of hydrogen-bond acceptors (Lipinski definition) is 3. The van der Waals surface area contributed by atoms with Crippen molar-refractivity contribution in [3.05, 3.63) is 56.5 Å². The zero-order valence-electron chi connectivity index (χ0n) is 13.7. The molecule has 3 rings (SSSR count). The molecule has 0 atom stereocenters. The number of aromatic nitrogens is 2. The summed E-state index contributed by atoms with van der Waals surface area (Å²) in [6, 6.07) is 6.57. The molecule has 4 heteroatoms. The fourth-order valence-corrected chi connectivity index (χ4v) is 2.97. The van der Waals surface area contributed by atoms with E-state index in [2.05, 4.69) is 43.3 Å². The third-order valence-corrected chi connectivity index (χ3v) is 4.16. The number of hydrogen-bond donors (Lipinski definition) is 1. The maximum Gasteiger partial charge on any atom is 0.204 e. The Hall–Kier alpha value is -1.94. The second-order valence-electron chi connectivity index (χ2n) is 6.41. The molecule has 0 bridgehead atoms. The molecular weight excluding hydrogens is 274 g/mol. The molecule has 22 heavy (non-hydrogen) atoms. The molecule has 1 aliphatic rings. The van der Waals surface area contributed by atoms with Crippen molar-refractivity contribution in [2.75, 3.05) is 0 Å². The predicted octanol–water partition coefficient (Wildman–Crippen LogP) is 2.72. The molecule has 1 aromatic heterocycles. The maximum absolute atomic E-state index is 12.2. The molecular formula is C18H23N3O. The number of nitrogens with zero attached hydrogens (tertiary/aromatic N) is 2. The monoisotopic (exact) mass is 297 g/mol. The Morgan fingerprint density at radius 2 is 1.77 bits per heavy atom. The summed E-state index contributed by atoms with van der Waals surface area (Å²) in [4.78, 5) is 12.2. The van der Waals surface area contributed by atoms with E-state index in [4.69, 9.17) is 0 Å². The highest BCUT2D eigenvalue weighted by atomic mass is 16.1. The molecule has 0 unspecified atom stereocenters. The van der Waals surface area contributed by atoms with Gasteiger partial charge in [-0.05, 0) is 51.7 Å². The first kappa shape index (κ1) is 15.0. The van der Waals surface area contributed by atoms with E-state index in [0.717, 1.165) is 11.4 Å². The van der Waals surface area contributed by atoms with Crippen LogP contribution in [0.2, 0.25) is 0 Å². The maximum atomic E-state index is 12.2. The number of nitrogens with one attached hydrogen (secondary N) is 1. The summed E-state index contributed by atoms with van der Waals surface area (Å²) in [7, 11) is 0. The highest BCUT2D eigenvalue weighted by molar-refractivity contribution is 5.49. The van der Waals surface area contributed by atoms with Crippen LogP contribution in [0.4, 0.5) is 0 Å². The van der Waals surface area contributed by atoms with Crippen LogP contribution in [0.15, 0.2) is 23.0 Å². The van der Waals surface area contributed by atoms with E-state index in [1.165, 1.54) is 29.5 Å². The number of aryl methyl sites for hydroxylation is 4. The minimum atomic E-state index is 0.0179. The van der Waals surface area contributed by atoms with Crippen molar-refractivity contribution < 1.29 is 0 Å². The quantitative estimate of drug-likeness (QED) is 0.944. The van der Waals surface area contributed by atoms with Crippen LogP contribution >= 0.6 is 0 Å². The van der Waals surface area contributed by atoms with Gasteiger partial charge in [-0.1, -0.05) is 17.7 Å². The Morgan fingerprint density at radius 3 is 2.36 bits per heavy atom. The first-order valence-electron chi connectivity index (χ1n) is 7.87. The Labute approximate surface area is 131 Å². The van der Waals surface area contributed by atoms with Crippen LogP contribution in [0, 0.1) is 27.7 Å². The molecule has 1 fully saturated rings. The topological polar surface area (TPSA) is 46.9 Å². The Morgan fingerprint density at radius 1 is 1.14 bits per heavy atom. The molecule has 1 heterocycles. The summed E-state index contributed by atoms with van der Waals surface area (Å²) in [5, 5.41) is 8.01. The summed E-state index contributed by atoms with van der Waals surface area (Å²) >= 11 is 0. The predicted molar refractivity (Wildman–Crippen MR) is 88.6 cm³/mol. The molecule has 0 amide bonds. The van der Waals surface area contributed by atoms with Crippen LogP contribution < -0.4 is 10.7 Å². The van der Waals surface area contributed by atoms with Crippen LogP contribution in [0.3, 0.4) is 0 Å². The summed E-state index contributed by atoms with van der Waals surface area (Å²) in [5.41, 5.74) is 6.16. The van der Waals surface area contributed by atoms with Crippen molar-refractivity contribution in [3.63, 3.8) is 0 Å². The van der Waals surface area contributed by atoms with Gasteiger partial charge in [-0.3, -0.25) is 4.79 Å². The lowest BCUT2D eigenvalue weighted by Gasteiger charge is -2.17. The lowest BCUT2D eigenvalue weighted by atomic mass is 10.0. The van der Waals surface area contributed by atoms with Crippen LogP contribution in [0.1, 0.15) is 40.9 Å². The zero-order chi connectivity index (χ0) is 15.9. The van der Waals surface area contributed by atoms with Crippen LogP contribution in [-0.2, 0) is 6.54 Å². The van der Waals surface area contributed by atoms with E-state index in [-0.39, 0.29) is 5.43 Å². The third-order valence-electron chi connectivity index (χ3n) is 4.16. The molecule has 1 N–H and O–H groups in total. The zero-order valence-corrected chi connectivity index (χ0v) is 13.7. The van der Waals surface area contributed by atoms with Gasteiger partial charge in [-0.15, -0.1) is 0 Å². The molecule has 0 saturated heterocycles. The van der Waals surface area contributed by atoms with Crippen molar-refractivity contribution in [1.29, 1.82) is 0 Å². The molecule has 4 nitrogen and oxygen atoms in total. The smallest absolute Gasteiger partial charge is 0.204 e. The summed E-state index contributed by atoms with van der Waals surface area (Å²) in [6.07, 6.45) is 2.41. The van der Waals surface area contributed by atoms with Crippen LogP contribution in [0.5, 0.6) is 0 Å². The van der Waals surface area contributed by atoms with Gasteiger partial charge in [0.15, 0.2) is 0 Å². The summed E-state index contributed by atoms with van der Waals surface area (Å²) < 4.78 is 1.91. The average molecular weight is 297 g/mol. The van der Waals surface area contributed by atoms with Gasteiger partial charge in [0.05, 0.1) is 5.69 Å². The molecule has 2 aromatic rings. The molecule has 0 radical (unpaired) electrons. The van der Waals surface area contributed by atoms with E-state index in [9.17, 15) is 4.79 Å². The minimum absolute atomic E-state index is 0.0179. The summed E-state index contributed by atoms with van der Waals surface area (Å²) in [6.45, 7) is 8.77. The minimum Gasteiger partial charge on any atom is -0.308 e. The Kier molecular flexibility index (Phi) is 3.87. The first-order valence-corrected chi connectivity index (χ1v) is 7.87. The van der Waals surface area contributed by atoms with E-state index in [1.807, 2.05) is 11.6 Å². The van der Waals surface area contributed by atoms with Gasteiger partial charge in [0.2, 0.25) is 5.43 Å². The van der Waals surface area contributed by atoms with E-state index in [0.29, 0.717) is 18.3 Å². The van der Waals surface area contributed by atoms with Crippen molar-refractivity contribution in [2.24, 2.45) is 0 Å². The van der Waals surface area contributed by atoms with Gasteiger partial charge < -0.3 is 5.32 Å². The number of rotatable bonds is 4. The number of benzene rings is 1. The third kappa shape index (κ3) is 2.97. The highest BCUT2D eigenvalue weighted by Crippen LogP contribution is 2.21. The van der Waals surface area contributed by atoms with Gasteiger partial charge >= 0.3 is 0 Å². The molecule has 1 saturated carbocycles. The van der Waals surface area contributed by atoms with E-state index in [1.54, 1.807) is 6.07 Å². The highest BCUT2D eigenvalue weighted by Gasteiger charge is 2.21. The Bertz CT molecular complexity index is 749. The molecule has 0 spiro atoms. The van der Waals surface area contributed by atoms with E-state index >= 15 is 0 Å². The normalized spacial score (nSPS) is 14.4. The van der Waals surface area contributed by atoms with Gasteiger partial charge in [0, 0.05) is 24.3 Å². The van der Waals surface area contributed by atoms with Gasteiger partial charge in [0.1, 0.15) is 5.69 Å². The molecule has 1 aliphatic carbocycles. The second kappa shape index (κ2) is 5.69. The van der Waals surface area contributed by atoms with E-state index < -0.39 is 0 Å². The first-order chi connectivity index (χ1) is 10.5. The SMILES string of the molecule is Cc1cc(C)c(-n2nc(CNC3CC3)c(=O)cc2C)c(C)c1. The molecule has 0 aliphatic heterocycles. The molecule has 116 valence electrons. The van der Waals surface area contributed by atoms with Gasteiger partial charge in [-0.25, -0.2) is 4.68 Å². The lowest BCUT2D eigenvalue weighted by Crippen LogP contribution is -2.26. The molecule has 1 aromatic carbocycles. The van der Waals surface area contributed by atoms with Gasteiger partial charge in [-0.2, -0.15) is 5.10 Å². The average Bonchev–Trinajstić information content (AvgIpc) is 3.22. The van der Waals surface area contributed by atoms with Crippen LogP contribution in [0.25, 0.3) is 5.69 Å². The van der Waals surface area contributed by atoms with Crippen molar-refractivity contribution in [1.82, 2.24) is 15.1 Å². The van der Waals surface area contributed by atoms with Crippen LogP contribution in [-0.4, -0.2) is 15.8 Å². The Balaban J connectivity index is 2.06. The lowest BCUT2D eigenvalue weighted by molar-refractivity contribution is 0.640.